The number of carbonyl (C=O) groups is 2. The Labute approximate surface area is 184 Å². The van der Waals surface area contributed by atoms with E-state index in [4.69, 9.17) is 9.47 Å². The average molecular weight is 435 g/mol. The van der Waals surface area contributed by atoms with E-state index in [9.17, 15) is 9.59 Å². The molecular weight excluding hydrogens is 412 g/mol. The Morgan fingerprint density at radius 1 is 0.903 bits per heavy atom. The van der Waals surface area contributed by atoms with Gasteiger partial charge >= 0.3 is 0 Å². The molecule has 0 saturated heterocycles. The third kappa shape index (κ3) is 4.04. The predicted octanol–water partition coefficient (Wildman–Crippen LogP) is 4.94. The minimum absolute atomic E-state index is 0.224. The summed E-state index contributed by atoms with van der Waals surface area (Å²) in [7, 11) is 0. The number of rotatable bonds is 8. The number of anilines is 2. The summed E-state index contributed by atoms with van der Waals surface area (Å²) in [5.41, 5.74) is 1.65. The molecule has 1 aliphatic rings. The molecule has 0 fully saturated rings. The fourth-order valence-corrected chi connectivity index (χ4v) is 4.16. The van der Waals surface area contributed by atoms with E-state index in [0.717, 1.165) is 4.88 Å². The summed E-state index contributed by atoms with van der Waals surface area (Å²) in [6.45, 7) is 4.75. The van der Waals surface area contributed by atoms with Crippen molar-refractivity contribution < 1.29 is 19.1 Å². The van der Waals surface area contributed by atoms with Gasteiger partial charge in [-0.2, -0.15) is 0 Å². The number of amides is 2. The molecule has 0 saturated carbocycles. The Morgan fingerprint density at radius 2 is 1.71 bits per heavy atom. The molecule has 7 heteroatoms. The number of carbonyl (C=O) groups excluding carboxylic acids is 2. The van der Waals surface area contributed by atoms with Gasteiger partial charge < -0.3 is 14.8 Å². The fourth-order valence-electron chi connectivity index (χ4n) is 3.39. The van der Waals surface area contributed by atoms with E-state index in [1.807, 2.05) is 55.6 Å². The second-order valence-electron chi connectivity index (χ2n) is 6.66. The molecule has 0 bridgehead atoms. The quantitative estimate of drug-likeness (QED) is 0.509. The Balaban J connectivity index is 1.77. The van der Waals surface area contributed by atoms with E-state index in [2.05, 4.69) is 5.32 Å². The van der Waals surface area contributed by atoms with E-state index < -0.39 is 5.91 Å². The van der Waals surface area contributed by atoms with Crippen LogP contribution in [0.1, 0.15) is 18.7 Å². The SMILES string of the molecule is CCOc1cccc(N2C(=O)C(Nc3ccccc3OCC)=C(c3cccs3)C2=O)c1. The van der Waals surface area contributed by atoms with Gasteiger partial charge in [-0.15, -0.1) is 11.3 Å². The summed E-state index contributed by atoms with van der Waals surface area (Å²) in [5, 5.41) is 5.05. The van der Waals surface area contributed by atoms with Gasteiger partial charge in [-0.3, -0.25) is 9.59 Å². The lowest BCUT2D eigenvalue weighted by Gasteiger charge is -2.17. The molecule has 3 aromatic rings. The van der Waals surface area contributed by atoms with Gasteiger partial charge in [-0.25, -0.2) is 4.90 Å². The summed E-state index contributed by atoms with van der Waals surface area (Å²) < 4.78 is 11.2. The highest BCUT2D eigenvalue weighted by molar-refractivity contribution is 7.11. The molecule has 0 spiro atoms. The third-order valence-corrected chi connectivity index (χ3v) is 5.57. The molecule has 1 N–H and O–H groups in total. The van der Waals surface area contributed by atoms with Crippen molar-refractivity contribution in [3.63, 3.8) is 0 Å². The average Bonchev–Trinajstić information content (AvgIpc) is 3.37. The molecule has 0 atom stereocenters. The Kier molecular flexibility index (Phi) is 6.04. The van der Waals surface area contributed by atoms with E-state index in [0.29, 0.717) is 41.7 Å². The lowest BCUT2D eigenvalue weighted by atomic mass is 10.1. The predicted molar refractivity (Wildman–Crippen MR) is 123 cm³/mol. The second kappa shape index (κ2) is 9.06. The number of thiophene rings is 1. The van der Waals surface area contributed by atoms with Gasteiger partial charge in [0.05, 0.1) is 30.2 Å². The Bertz CT molecular complexity index is 1140. The van der Waals surface area contributed by atoms with Gasteiger partial charge in [0.15, 0.2) is 0 Å². The number of nitrogens with zero attached hydrogens (tertiary/aromatic N) is 1. The summed E-state index contributed by atoms with van der Waals surface area (Å²) in [4.78, 5) is 28.8. The Morgan fingerprint density at radius 3 is 2.45 bits per heavy atom. The second-order valence-corrected chi connectivity index (χ2v) is 7.61. The van der Waals surface area contributed by atoms with Crippen LogP contribution in [0.5, 0.6) is 11.5 Å². The van der Waals surface area contributed by atoms with Crippen molar-refractivity contribution in [2.24, 2.45) is 0 Å². The van der Waals surface area contributed by atoms with Crippen molar-refractivity contribution in [2.45, 2.75) is 13.8 Å². The minimum atomic E-state index is -0.423. The highest BCUT2D eigenvalue weighted by atomic mass is 32.1. The van der Waals surface area contributed by atoms with E-state index in [1.54, 1.807) is 24.3 Å². The maximum absolute atomic E-state index is 13.5. The molecule has 2 amide bonds. The standard InChI is InChI=1S/C24H22N2O4S/c1-3-29-17-10-7-9-16(15-17)26-23(27)21(20-13-8-14-31-20)22(24(26)28)25-18-11-5-6-12-19(18)30-4-2/h5-15,25H,3-4H2,1-2H3. The summed E-state index contributed by atoms with van der Waals surface area (Å²) >= 11 is 1.41. The van der Waals surface area contributed by atoms with Crippen LogP contribution in [0.2, 0.25) is 0 Å². The summed E-state index contributed by atoms with van der Waals surface area (Å²) in [6.07, 6.45) is 0. The van der Waals surface area contributed by atoms with Crippen LogP contribution in [0.3, 0.4) is 0 Å². The van der Waals surface area contributed by atoms with Crippen LogP contribution >= 0.6 is 11.3 Å². The van der Waals surface area contributed by atoms with Crippen molar-refractivity contribution in [1.82, 2.24) is 0 Å². The number of para-hydroxylation sites is 2. The molecule has 2 aromatic carbocycles. The van der Waals surface area contributed by atoms with Crippen molar-refractivity contribution >= 4 is 40.1 Å². The lowest BCUT2D eigenvalue weighted by molar-refractivity contribution is -0.120. The van der Waals surface area contributed by atoms with E-state index in [-0.39, 0.29) is 11.6 Å². The Hall–Kier alpha value is -3.58. The van der Waals surface area contributed by atoms with Crippen molar-refractivity contribution in [3.05, 3.63) is 76.6 Å². The van der Waals surface area contributed by atoms with Crippen LogP contribution < -0.4 is 19.7 Å². The van der Waals surface area contributed by atoms with E-state index >= 15 is 0 Å². The molecule has 31 heavy (non-hydrogen) atoms. The number of benzene rings is 2. The molecule has 158 valence electrons. The topological polar surface area (TPSA) is 67.9 Å². The number of imide groups is 1. The van der Waals surface area contributed by atoms with Gasteiger partial charge in [-0.05, 0) is 49.6 Å². The van der Waals surface area contributed by atoms with Gasteiger partial charge in [0.2, 0.25) is 0 Å². The van der Waals surface area contributed by atoms with Crippen molar-refractivity contribution in [2.75, 3.05) is 23.4 Å². The van der Waals surface area contributed by atoms with Crippen molar-refractivity contribution in [1.29, 1.82) is 0 Å². The zero-order valence-corrected chi connectivity index (χ0v) is 18.1. The molecule has 1 aliphatic heterocycles. The zero-order valence-electron chi connectivity index (χ0n) is 17.3. The first-order chi connectivity index (χ1) is 15.1. The monoisotopic (exact) mass is 434 g/mol. The molecule has 0 aliphatic carbocycles. The fraction of sp³-hybridized carbons (Fsp3) is 0.167. The summed E-state index contributed by atoms with van der Waals surface area (Å²) in [5.74, 6) is 0.410. The van der Waals surface area contributed by atoms with Crippen LogP contribution in [0, 0.1) is 0 Å². The third-order valence-electron chi connectivity index (χ3n) is 4.68. The van der Waals surface area contributed by atoms with Crippen molar-refractivity contribution in [3.8, 4) is 11.5 Å². The maximum atomic E-state index is 13.5. The highest BCUT2D eigenvalue weighted by Gasteiger charge is 2.41. The minimum Gasteiger partial charge on any atom is -0.494 e. The number of ether oxygens (including phenoxy) is 2. The molecule has 2 heterocycles. The molecule has 1 aromatic heterocycles. The summed E-state index contributed by atoms with van der Waals surface area (Å²) in [6, 6.07) is 18.0. The first kappa shape index (κ1) is 20.7. The largest absolute Gasteiger partial charge is 0.494 e. The van der Waals surface area contributed by atoms with Crippen LogP contribution in [-0.4, -0.2) is 25.0 Å². The molecule has 0 radical (unpaired) electrons. The van der Waals surface area contributed by atoms with Gasteiger partial charge in [0.1, 0.15) is 17.2 Å². The van der Waals surface area contributed by atoms with Crippen LogP contribution in [-0.2, 0) is 9.59 Å². The molecular formula is C24H22N2O4S. The number of hydrogen-bond donors (Lipinski definition) is 1. The lowest BCUT2D eigenvalue weighted by Crippen LogP contribution is -2.32. The van der Waals surface area contributed by atoms with E-state index in [1.165, 1.54) is 16.2 Å². The van der Waals surface area contributed by atoms with Gasteiger partial charge in [0, 0.05) is 10.9 Å². The first-order valence-electron chi connectivity index (χ1n) is 10.0. The van der Waals surface area contributed by atoms with Gasteiger partial charge in [0.25, 0.3) is 11.8 Å². The molecule has 6 nitrogen and oxygen atoms in total. The highest BCUT2D eigenvalue weighted by Crippen LogP contribution is 2.37. The normalized spacial score (nSPS) is 13.7. The zero-order chi connectivity index (χ0) is 21.8. The van der Waals surface area contributed by atoms with Crippen LogP contribution in [0.4, 0.5) is 11.4 Å². The first-order valence-corrected chi connectivity index (χ1v) is 10.9. The number of nitrogens with one attached hydrogen (secondary N) is 1. The van der Waals surface area contributed by atoms with Crippen LogP contribution in [0.15, 0.2) is 71.7 Å². The number of hydrogen-bond acceptors (Lipinski definition) is 6. The van der Waals surface area contributed by atoms with Crippen LogP contribution in [0.25, 0.3) is 5.57 Å². The molecule has 0 unspecified atom stereocenters. The maximum Gasteiger partial charge on any atom is 0.282 e. The molecule has 4 rings (SSSR count). The van der Waals surface area contributed by atoms with Gasteiger partial charge in [-0.1, -0.05) is 24.3 Å². The smallest absolute Gasteiger partial charge is 0.282 e.